The number of hydrogen-bond acceptors (Lipinski definition) is 5. The molecule has 1 saturated heterocycles. The van der Waals surface area contributed by atoms with E-state index in [4.69, 9.17) is 4.74 Å². The Morgan fingerprint density at radius 1 is 1.21 bits per heavy atom. The predicted molar refractivity (Wildman–Crippen MR) is 110 cm³/mol. The van der Waals surface area contributed by atoms with Gasteiger partial charge in [-0.15, -0.1) is 0 Å². The first-order valence-electron chi connectivity index (χ1n) is 9.65. The molecule has 7 heteroatoms. The van der Waals surface area contributed by atoms with E-state index in [1.54, 1.807) is 31.3 Å². The van der Waals surface area contributed by atoms with E-state index in [1.807, 2.05) is 24.3 Å². The van der Waals surface area contributed by atoms with Crippen LogP contribution in [0.15, 0.2) is 48.9 Å². The monoisotopic (exact) mass is 394 g/mol. The Morgan fingerprint density at radius 2 is 2.00 bits per heavy atom. The Hall–Kier alpha value is -3.22. The summed E-state index contributed by atoms with van der Waals surface area (Å²) in [5.41, 5.74) is 1.29. The number of fused-ring (bicyclic) bond motifs is 1. The third-order valence-electron chi connectivity index (χ3n) is 5.21. The van der Waals surface area contributed by atoms with E-state index in [9.17, 15) is 9.18 Å². The van der Waals surface area contributed by atoms with Crippen molar-refractivity contribution in [2.24, 2.45) is 5.92 Å². The van der Waals surface area contributed by atoms with E-state index in [0.29, 0.717) is 16.9 Å². The van der Waals surface area contributed by atoms with E-state index in [0.717, 1.165) is 37.8 Å². The van der Waals surface area contributed by atoms with Crippen LogP contribution in [-0.2, 0) is 4.79 Å². The second kappa shape index (κ2) is 8.03. The van der Waals surface area contributed by atoms with E-state index in [2.05, 4.69) is 14.9 Å². The molecule has 2 aromatic heterocycles. The number of rotatable bonds is 4. The van der Waals surface area contributed by atoms with Crippen molar-refractivity contribution in [3.05, 3.63) is 54.7 Å². The van der Waals surface area contributed by atoms with Gasteiger partial charge in [-0.25, -0.2) is 4.39 Å². The number of carbonyl (C=O) groups excluding carboxylic acids is 1. The lowest BCUT2D eigenvalue weighted by molar-refractivity contribution is -0.133. The molecular formula is C22H23FN4O2. The molecule has 0 aliphatic carbocycles. The van der Waals surface area contributed by atoms with Gasteiger partial charge in [-0.05, 0) is 43.2 Å². The van der Waals surface area contributed by atoms with Gasteiger partial charge < -0.3 is 14.5 Å². The molecule has 3 heterocycles. The summed E-state index contributed by atoms with van der Waals surface area (Å²) in [7, 11) is 3.61. The van der Waals surface area contributed by atoms with Crippen molar-refractivity contribution < 1.29 is 13.9 Å². The van der Waals surface area contributed by atoms with Crippen LogP contribution in [0, 0.1) is 11.7 Å². The lowest BCUT2D eigenvalue weighted by Gasteiger charge is -2.34. The summed E-state index contributed by atoms with van der Waals surface area (Å²) >= 11 is 0. The van der Waals surface area contributed by atoms with Gasteiger partial charge in [-0.1, -0.05) is 0 Å². The molecule has 0 saturated carbocycles. The van der Waals surface area contributed by atoms with Crippen LogP contribution in [0.2, 0.25) is 0 Å². The Labute approximate surface area is 168 Å². The summed E-state index contributed by atoms with van der Waals surface area (Å²) in [6.07, 6.45) is 6.12. The number of ether oxygens (including phenoxy) is 1. The van der Waals surface area contributed by atoms with Gasteiger partial charge in [0.2, 0.25) is 5.91 Å². The van der Waals surface area contributed by atoms with Gasteiger partial charge in [-0.3, -0.25) is 14.8 Å². The summed E-state index contributed by atoms with van der Waals surface area (Å²) in [5.74, 6) is 0.878. The molecule has 29 heavy (non-hydrogen) atoms. The summed E-state index contributed by atoms with van der Waals surface area (Å²) in [6, 6.07) is 9.43. The number of aromatic nitrogens is 2. The van der Waals surface area contributed by atoms with Crippen molar-refractivity contribution in [3.63, 3.8) is 0 Å². The Kier molecular flexibility index (Phi) is 5.29. The van der Waals surface area contributed by atoms with Crippen LogP contribution in [0.3, 0.4) is 0 Å². The highest BCUT2D eigenvalue weighted by Crippen LogP contribution is 2.31. The number of pyridine rings is 2. The van der Waals surface area contributed by atoms with Crippen LogP contribution in [0.25, 0.3) is 10.9 Å². The molecule has 1 fully saturated rings. The highest BCUT2D eigenvalue weighted by Gasteiger charge is 2.27. The van der Waals surface area contributed by atoms with Gasteiger partial charge in [0.25, 0.3) is 0 Å². The number of benzene rings is 1. The van der Waals surface area contributed by atoms with Crippen molar-refractivity contribution >= 4 is 22.5 Å². The predicted octanol–water partition coefficient (Wildman–Crippen LogP) is 3.87. The minimum Gasteiger partial charge on any atom is -0.457 e. The van der Waals surface area contributed by atoms with Crippen LogP contribution < -0.4 is 9.64 Å². The van der Waals surface area contributed by atoms with Crippen LogP contribution in [-0.4, -0.2) is 48.0 Å². The molecule has 0 spiro atoms. The Bertz CT molecular complexity index is 1020. The van der Waals surface area contributed by atoms with Crippen molar-refractivity contribution in [2.75, 3.05) is 32.1 Å². The van der Waals surface area contributed by atoms with Crippen molar-refractivity contribution in [1.29, 1.82) is 0 Å². The highest BCUT2D eigenvalue weighted by atomic mass is 19.1. The smallest absolute Gasteiger partial charge is 0.226 e. The third-order valence-corrected chi connectivity index (χ3v) is 5.21. The normalized spacial score (nSPS) is 16.7. The number of amides is 1. The number of piperidine rings is 1. The lowest BCUT2D eigenvalue weighted by atomic mass is 9.96. The molecule has 1 aromatic carbocycles. The number of halogens is 1. The average Bonchev–Trinajstić information content (AvgIpc) is 2.74. The molecule has 6 nitrogen and oxygen atoms in total. The minimum atomic E-state index is -0.477. The fourth-order valence-corrected chi connectivity index (χ4v) is 3.73. The molecule has 0 unspecified atom stereocenters. The summed E-state index contributed by atoms with van der Waals surface area (Å²) < 4.78 is 19.8. The van der Waals surface area contributed by atoms with Crippen LogP contribution in [0.5, 0.6) is 11.5 Å². The van der Waals surface area contributed by atoms with Gasteiger partial charge in [0.15, 0.2) is 5.82 Å². The zero-order valence-electron chi connectivity index (χ0n) is 16.5. The maximum Gasteiger partial charge on any atom is 0.226 e. The van der Waals surface area contributed by atoms with Crippen molar-refractivity contribution in [1.82, 2.24) is 14.9 Å². The molecule has 1 aliphatic heterocycles. The number of anilines is 1. The molecule has 0 N–H and O–H groups in total. The lowest BCUT2D eigenvalue weighted by Crippen LogP contribution is -2.42. The average molecular weight is 394 g/mol. The minimum absolute atomic E-state index is 0.0280. The first-order valence-corrected chi connectivity index (χ1v) is 9.65. The Balaban J connectivity index is 1.50. The first kappa shape index (κ1) is 19.1. The summed E-state index contributed by atoms with van der Waals surface area (Å²) in [6.45, 7) is 1.65. The van der Waals surface area contributed by atoms with E-state index < -0.39 is 5.82 Å². The number of nitrogens with zero attached hydrogens (tertiary/aromatic N) is 4. The maximum absolute atomic E-state index is 13.9. The number of carbonyl (C=O) groups is 1. The second-order valence-electron chi connectivity index (χ2n) is 7.44. The highest BCUT2D eigenvalue weighted by molar-refractivity contribution is 5.84. The van der Waals surface area contributed by atoms with Crippen molar-refractivity contribution in [3.8, 4) is 11.5 Å². The zero-order chi connectivity index (χ0) is 20.4. The molecule has 3 aromatic rings. The van der Waals surface area contributed by atoms with E-state index >= 15 is 0 Å². The molecule has 0 radical (unpaired) electrons. The standard InChI is InChI=1S/C22H23FN4O2/c1-26(2)22(28)15-4-3-11-27(14-15)16-5-7-17(8-6-16)29-20-9-10-25-21-18(20)12-24-13-19(21)23/h5-10,12-13,15H,3-4,11,14H2,1-2H3/t15-/m0/s1. The van der Waals surface area contributed by atoms with Gasteiger partial charge in [0.1, 0.15) is 17.0 Å². The van der Waals surface area contributed by atoms with E-state index in [1.165, 1.54) is 6.20 Å². The molecule has 4 rings (SSSR count). The fraction of sp³-hybridized carbons (Fsp3) is 0.318. The Morgan fingerprint density at radius 3 is 2.76 bits per heavy atom. The zero-order valence-corrected chi connectivity index (χ0v) is 16.5. The molecule has 1 aliphatic rings. The molecule has 150 valence electrons. The van der Waals surface area contributed by atoms with Gasteiger partial charge in [0, 0.05) is 45.3 Å². The van der Waals surface area contributed by atoms with E-state index in [-0.39, 0.29) is 17.3 Å². The topological polar surface area (TPSA) is 58.6 Å². The first-order chi connectivity index (χ1) is 14.0. The van der Waals surface area contributed by atoms with Gasteiger partial charge in [-0.2, -0.15) is 0 Å². The quantitative estimate of drug-likeness (QED) is 0.672. The summed E-state index contributed by atoms with van der Waals surface area (Å²) in [4.78, 5) is 24.2. The largest absolute Gasteiger partial charge is 0.457 e. The van der Waals surface area contributed by atoms with Gasteiger partial charge in [0.05, 0.1) is 17.5 Å². The van der Waals surface area contributed by atoms with Crippen LogP contribution in [0.1, 0.15) is 12.8 Å². The SMILES string of the molecule is CN(C)C(=O)[C@H]1CCCN(c2ccc(Oc3ccnc4c(F)cncc34)cc2)C1. The molecule has 1 amide bonds. The van der Waals surface area contributed by atoms with Crippen LogP contribution in [0.4, 0.5) is 10.1 Å². The van der Waals surface area contributed by atoms with Crippen molar-refractivity contribution in [2.45, 2.75) is 12.8 Å². The van der Waals surface area contributed by atoms with Crippen LogP contribution >= 0.6 is 0 Å². The maximum atomic E-state index is 13.9. The van der Waals surface area contributed by atoms with Gasteiger partial charge >= 0.3 is 0 Å². The molecule has 0 bridgehead atoms. The summed E-state index contributed by atoms with van der Waals surface area (Å²) in [5, 5.41) is 0.526. The molecule has 1 atom stereocenters. The third kappa shape index (κ3) is 3.99. The molecular weight excluding hydrogens is 371 g/mol. The second-order valence-corrected chi connectivity index (χ2v) is 7.44. The number of hydrogen-bond donors (Lipinski definition) is 0. The fourth-order valence-electron chi connectivity index (χ4n) is 3.73.